The summed E-state index contributed by atoms with van der Waals surface area (Å²) in [6.07, 6.45) is 18.2. The van der Waals surface area contributed by atoms with Crippen molar-refractivity contribution in [1.29, 1.82) is 0 Å². The second kappa shape index (κ2) is 16.1. The molecule has 0 aliphatic heterocycles. The van der Waals surface area contributed by atoms with Crippen molar-refractivity contribution < 1.29 is 4.74 Å². The van der Waals surface area contributed by atoms with Crippen LogP contribution < -0.4 is 4.74 Å². The first kappa shape index (κ1) is 25.6. The minimum Gasteiger partial charge on any atom is -0.493 e. The Hall–Kier alpha value is -1.61. The number of alkyl halides is 1. The maximum atomic E-state index is 6.22. The van der Waals surface area contributed by atoms with Gasteiger partial charge in [-0.2, -0.15) is 0 Å². The van der Waals surface area contributed by atoms with Gasteiger partial charge in [-0.1, -0.05) is 83.8 Å². The number of unbranched alkanes of at least 4 members (excludes halogenated alkanes) is 9. The van der Waals surface area contributed by atoms with Gasteiger partial charge in [-0.05, 0) is 43.9 Å². The van der Waals surface area contributed by atoms with Crippen molar-refractivity contribution in [2.75, 3.05) is 6.61 Å². The van der Waals surface area contributed by atoms with E-state index in [-0.39, 0.29) is 5.38 Å². The lowest BCUT2D eigenvalue weighted by Crippen LogP contribution is -2.06. The lowest BCUT2D eigenvalue weighted by Gasteiger charge is -2.12. The van der Waals surface area contributed by atoms with E-state index in [0.29, 0.717) is 6.61 Å². The van der Waals surface area contributed by atoms with Crippen LogP contribution in [0.5, 0.6) is 5.75 Å². The summed E-state index contributed by atoms with van der Waals surface area (Å²) >= 11 is 6.22. The van der Waals surface area contributed by atoms with Crippen molar-refractivity contribution in [2.45, 2.75) is 103 Å². The molecule has 0 saturated carbocycles. The van der Waals surface area contributed by atoms with Crippen molar-refractivity contribution >= 4 is 11.6 Å². The molecule has 0 spiro atoms. The van der Waals surface area contributed by atoms with E-state index in [4.69, 9.17) is 21.3 Å². The average Bonchev–Trinajstić information content (AvgIpc) is 2.80. The molecule has 0 aliphatic carbocycles. The normalized spacial score (nSPS) is 12.1. The average molecular weight is 445 g/mol. The minimum atomic E-state index is 0.160. The molecular weight excluding hydrogens is 404 g/mol. The van der Waals surface area contributed by atoms with E-state index in [1.165, 1.54) is 64.2 Å². The fourth-order valence-corrected chi connectivity index (χ4v) is 3.83. The van der Waals surface area contributed by atoms with Crippen molar-refractivity contribution in [1.82, 2.24) is 9.97 Å². The van der Waals surface area contributed by atoms with Crippen LogP contribution in [0.4, 0.5) is 0 Å². The third-order valence-corrected chi connectivity index (χ3v) is 6.29. The topological polar surface area (TPSA) is 35.0 Å². The number of benzene rings is 1. The van der Waals surface area contributed by atoms with E-state index in [9.17, 15) is 0 Å². The summed E-state index contributed by atoms with van der Waals surface area (Å²) in [4.78, 5) is 9.33. The molecule has 0 N–H and O–H groups in total. The zero-order valence-electron chi connectivity index (χ0n) is 19.6. The Morgan fingerprint density at radius 3 is 2.26 bits per heavy atom. The van der Waals surface area contributed by atoms with Crippen LogP contribution in [0.25, 0.3) is 11.4 Å². The molecule has 172 valence electrons. The molecule has 0 radical (unpaired) electrons. The van der Waals surface area contributed by atoms with Gasteiger partial charge in [0.1, 0.15) is 5.75 Å². The van der Waals surface area contributed by atoms with Crippen LogP contribution in [-0.2, 0) is 6.42 Å². The van der Waals surface area contributed by atoms with Crippen LogP contribution in [0.1, 0.15) is 96.6 Å². The van der Waals surface area contributed by atoms with Crippen LogP contribution in [0.15, 0.2) is 36.5 Å². The first-order chi connectivity index (χ1) is 15.2. The van der Waals surface area contributed by atoms with Gasteiger partial charge in [-0.25, -0.2) is 9.97 Å². The summed E-state index contributed by atoms with van der Waals surface area (Å²) < 4.78 is 6.01. The molecule has 1 atom stereocenters. The molecule has 0 aliphatic rings. The van der Waals surface area contributed by atoms with E-state index in [1.54, 1.807) is 0 Å². The molecule has 1 aromatic heterocycles. The Kier molecular flexibility index (Phi) is 13.3. The van der Waals surface area contributed by atoms with E-state index < -0.39 is 0 Å². The monoisotopic (exact) mass is 444 g/mol. The van der Waals surface area contributed by atoms with Gasteiger partial charge in [0, 0.05) is 17.3 Å². The molecular formula is C27H41ClN2O. The highest BCUT2D eigenvalue weighted by molar-refractivity contribution is 6.20. The summed E-state index contributed by atoms with van der Waals surface area (Å²) in [7, 11) is 0. The van der Waals surface area contributed by atoms with E-state index in [1.807, 2.05) is 36.5 Å². The quantitative estimate of drug-likeness (QED) is 0.181. The second-order valence-corrected chi connectivity index (χ2v) is 9.06. The predicted octanol–water partition coefficient (Wildman–Crippen LogP) is 8.39. The Morgan fingerprint density at radius 1 is 0.871 bits per heavy atom. The predicted molar refractivity (Wildman–Crippen MR) is 133 cm³/mol. The van der Waals surface area contributed by atoms with Crippen LogP contribution in [0.2, 0.25) is 0 Å². The highest BCUT2D eigenvalue weighted by atomic mass is 35.5. The minimum absolute atomic E-state index is 0.160. The number of para-hydroxylation sites is 1. The summed E-state index contributed by atoms with van der Waals surface area (Å²) in [6.45, 7) is 4.98. The number of rotatable bonds is 17. The van der Waals surface area contributed by atoms with Crippen LogP contribution in [0, 0.1) is 0 Å². The fourth-order valence-electron chi connectivity index (χ4n) is 3.74. The van der Waals surface area contributed by atoms with E-state index >= 15 is 0 Å². The Morgan fingerprint density at radius 2 is 1.55 bits per heavy atom. The first-order valence-electron chi connectivity index (χ1n) is 12.4. The van der Waals surface area contributed by atoms with E-state index in [2.05, 4.69) is 18.8 Å². The Labute approximate surface area is 195 Å². The van der Waals surface area contributed by atoms with Gasteiger partial charge in [0.15, 0.2) is 5.82 Å². The van der Waals surface area contributed by atoms with Gasteiger partial charge in [-0.15, -0.1) is 11.6 Å². The summed E-state index contributed by atoms with van der Waals surface area (Å²) in [5.74, 6) is 1.58. The molecule has 0 bridgehead atoms. The third-order valence-electron chi connectivity index (χ3n) is 5.76. The summed E-state index contributed by atoms with van der Waals surface area (Å²) in [5, 5.41) is 0.160. The molecule has 4 heteroatoms. The van der Waals surface area contributed by atoms with Gasteiger partial charge < -0.3 is 4.74 Å². The zero-order valence-corrected chi connectivity index (χ0v) is 20.4. The molecule has 0 fully saturated rings. The number of halogens is 1. The highest BCUT2D eigenvalue weighted by Gasteiger charge is 2.10. The number of aryl methyl sites for hydroxylation is 1. The van der Waals surface area contributed by atoms with Crippen molar-refractivity contribution in [3.63, 3.8) is 0 Å². The SMILES string of the molecule is CCCCCCCCCCCCc1ccnc(-c2ccccc2OCCC(Cl)CC)n1. The molecule has 0 saturated heterocycles. The molecule has 1 heterocycles. The maximum Gasteiger partial charge on any atom is 0.163 e. The maximum absolute atomic E-state index is 6.22. The van der Waals surface area contributed by atoms with Gasteiger partial charge in [0.05, 0.1) is 12.2 Å². The smallest absolute Gasteiger partial charge is 0.163 e. The van der Waals surface area contributed by atoms with E-state index in [0.717, 1.165) is 42.1 Å². The van der Waals surface area contributed by atoms with Crippen LogP contribution in [-0.4, -0.2) is 22.0 Å². The lowest BCUT2D eigenvalue weighted by molar-refractivity contribution is 0.308. The van der Waals surface area contributed by atoms with Crippen molar-refractivity contribution in [3.8, 4) is 17.1 Å². The largest absolute Gasteiger partial charge is 0.493 e. The summed E-state index contributed by atoms with van der Waals surface area (Å²) in [6, 6.07) is 10.1. The van der Waals surface area contributed by atoms with Gasteiger partial charge in [0.2, 0.25) is 0 Å². The fraction of sp³-hybridized carbons (Fsp3) is 0.630. The standard InChI is InChI=1S/C27H41ClN2O/c1-3-5-6-7-8-9-10-11-12-13-16-24-19-21-29-27(30-24)25-17-14-15-18-26(25)31-22-20-23(28)4-2/h14-15,17-19,21,23H,3-13,16,20,22H2,1-2H3. The Balaban J connectivity index is 1.76. The van der Waals surface area contributed by atoms with Gasteiger partial charge in [-0.3, -0.25) is 0 Å². The van der Waals surface area contributed by atoms with Crippen molar-refractivity contribution in [2.24, 2.45) is 0 Å². The molecule has 3 nitrogen and oxygen atoms in total. The molecule has 31 heavy (non-hydrogen) atoms. The van der Waals surface area contributed by atoms with Gasteiger partial charge >= 0.3 is 0 Å². The number of ether oxygens (including phenoxy) is 1. The highest BCUT2D eigenvalue weighted by Crippen LogP contribution is 2.27. The first-order valence-corrected chi connectivity index (χ1v) is 12.9. The van der Waals surface area contributed by atoms with Crippen molar-refractivity contribution in [3.05, 3.63) is 42.2 Å². The molecule has 1 aromatic carbocycles. The van der Waals surface area contributed by atoms with Crippen LogP contribution in [0.3, 0.4) is 0 Å². The van der Waals surface area contributed by atoms with Crippen LogP contribution >= 0.6 is 11.6 Å². The summed E-state index contributed by atoms with van der Waals surface area (Å²) in [5.41, 5.74) is 2.07. The number of hydrogen-bond acceptors (Lipinski definition) is 3. The molecule has 2 aromatic rings. The molecule has 1 unspecified atom stereocenters. The molecule has 0 amide bonds. The second-order valence-electron chi connectivity index (χ2n) is 8.44. The number of aromatic nitrogens is 2. The third kappa shape index (κ3) is 10.5. The lowest BCUT2D eigenvalue weighted by atomic mass is 10.1. The Bertz CT molecular complexity index is 722. The number of nitrogens with zero attached hydrogens (tertiary/aromatic N) is 2. The number of hydrogen-bond donors (Lipinski definition) is 0. The zero-order chi connectivity index (χ0) is 22.2. The van der Waals surface area contributed by atoms with Gasteiger partial charge in [0.25, 0.3) is 0 Å². The molecule has 2 rings (SSSR count).